The van der Waals surface area contributed by atoms with Crippen molar-refractivity contribution in [3.63, 3.8) is 0 Å². The maximum absolute atomic E-state index is 5.35. The molecule has 3 N–H and O–H groups in total. The average Bonchev–Trinajstić information content (AvgIpc) is 2.40. The lowest BCUT2D eigenvalue weighted by Crippen LogP contribution is -2.31. The Hall–Kier alpha value is -0.520. The SMILES string of the molecule is CC(C)C(NN)c1cnsn1. The second kappa shape index (κ2) is 3.75. The van der Waals surface area contributed by atoms with Crippen molar-refractivity contribution in [2.45, 2.75) is 19.9 Å². The van der Waals surface area contributed by atoms with Crippen molar-refractivity contribution in [2.75, 3.05) is 0 Å². The summed E-state index contributed by atoms with van der Waals surface area (Å²) in [6.07, 6.45) is 1.75. The van der Waals surface area contributed by atoms with E-state index in [1.807, 2.05) is 0 Å². The van der Waals surface area contributed by atoms with Gasteiger partial charge in [0.05, 0.1) is 29.7 Å². The predicted molar refractivity (Wildman–Crippen MR) is 44.8 cm³/mol. The Balaban J connectivity index is 2.71. The second-order valence-electron chi connectivity index (χ2n) is 2.72. The van der Waals surface area contributed by atoms with E-state index >= 15 is 0 Å². The van der Waals surface area contributed by atoms with Crippen molar-refractivity contribution in [2.24, 2.45) is 11.8 Å². The first-order valence-corrected chi connectivity index (χ1v) is 4.22. The highest BCUT2D eigenvalue weighted by atomic mass is 32.1. The lowest BCUT2D eigenvalue weighted by Gasteiger charge is -2.16. The number of rotatable bonds is 3. The molecule has 11 heavy (non-hydrogen) atoms. The number of nitrogens with one attached hydrogen (secondary N) is 1. The predicted octanol–water partition coefficient (Wildman–Crippen LogP) is 0.699. The third-order valence-corrected chi connectivity index (χ3v) is 2.04. The zero-order chi connectivity index (χ0) is 8.27. The van der Waals surface area contributed by atoms with Crippen LogP contribution in [0.15, 0.2) is 6.20 Å². The molecule has 5 heteroatoms. The Bertz CT molecular complexity index is 196. The van der Waals surface area contributed by atoms with Gasteiger partial charge in [-0.2, -0.15) is 8.75 Å². The summed E-state index contributed by atoms with van der Waals surface area (Å²) in [6.45, 7) is 4.17. The molecule has 0 radical (unpaired) electrons. The number of nitrogens with zero attached hydrogens (tertiary/aromatic N) is 2. The van der Waals surface area contributed by atoms with Crippen molar-refractivity contribution in [3.8, 4) is 0 Å². The van der Waals surface area contributed by atoms with Gasteiger partial charge in [-0.1, -0.05) is 13.8 Å². The van der Waals surface area contributed by atoms with Gasteiger partial charge in [0.1, 0.15) is 0 Å². The van der Waals surface area contributed by atoms with Crippen LogP contribution in [-0.4, -0.2) is 8.75 Å². The molecule has 0 bridgehead atoms. The van der Waals surface area contributed by atoms with Crippen LogP contribution in [0.4, 0.5) is 0 Å². The van der Waals surface area contributed by atoms with E-state index in [2.05, 4.69) is 28.0 Å². The third-order valence-electron chi connectivity index (χ3n) is 1.54. The number of aromatic nitrogens is 2. The summed E-state index contributed by atoms with van der Waals surface area (Å²) in [5.74, 6) is 5.79. The molecule has 1 unspecified atom stereocenters. The minimum absolute atomic E-state index is 0.119. The van der Waals surface area contributed by atoms with Gasteiger partial charge in [0.2, 0.25) is 0 Å². The van der Waals surface area contributed by atoms with Crippen LogP contribution < -0.4 is 11.3 Å². The standard InChI is InChI=1S/C6H12N4S/c1-4(2)6(9-7)5-3-8-11-10-5/h3-4,6,9H,7H2,1-2H3. The van der Waals surface area contributed by atoms with Gasteiger partial charge in [-0.25, -0.2) is 0 Å². The van der Waals surface area contributed by atoms with E-state index in [9.17, 15) is 0 Å². The topological polar surface area (TPSA) is 63.8 Å². The van der Waals surface area contributed by atoms with Gasteiger partial charge in [0.15, 0.2) is 0 Å². The molecule has 0 saturated carbocycles. The highest BCUT2D eigenvalue weighted by Gasteiger charge is 2.15. The summed E-state index contributed by atoms with van der Waals surface area (Å²) in [6, 6.07) is 0.119. The molecule has 1 aromatic heterocycles. The van der Waals surface area contributed by atoms with Crippen LogP contribution in [-0.2, 0) is 0 Å². The Morgan fingerprint density at radius 1 is 1.64 bits per heavy atom. The number of hydrazine groups is 1. The number of nitrogens with two attached hydrogens (primary N) is 1. The number of hydrogen-bond acceptors (Lipinski definition) is 5. The van der Waals surface area contributed by atoms with Crippen LogP contribution in [0.3, 0.4) is 0 Å². The lowest BCUT2D eigenvalue weighted by atomic mass is 10.0. The van der Waals surface area contributed by atoms with E-state index in [0.717, 1.165) is 5.69 Å². The number of hydrogen-bond donors (Lipinski definition) is 2. The Morgan fingerprint density at radius 3 is 2.73 bits per heavy atom. The lowest BCUT2D eigenvalue weighted by molar-refractivity contribution is 0.414. The normalized spacial score (nSPS) is 13.8. The van der Waals surface area contributed by atoms with Crippen LogP contribution >= 0.6 is 11.7 Å². The molecule has 1 atom stereocenters. The van der Waals surface area contributed by atoms with E-state index in [1.165, 1.54) is 11.7 Å². The molecule has 1 rings (SSSR count). The van der Waals surface area contributed by atoms with E-state index in [4.69, 9.17) is 5.84 Å². The van der Waals surface area contributed by atoms with Crippen LogP contribution in [0.1, 0.15) is 25.6 Å². The molecule has 4 nitrogen and oxygen atoms in total. The summed E-state index contributed by atoms with van der Waals surface area (Å²) >= 11 is 1.21. The van der Waals surface area contributed by atoms with E-state index in [-0.39, 0.29) is 6.04 Å². The minimum Gasteiger partial charge on any atom is -0.271 e. The van der Waals surface area contributed by atoms with Crippen molar-refractivity contribution in [1.82, 2.24) is 14.2 Å². The van der Waals surface area contributed by atoms with Gasteiger partial charge >= 0.3 is 0 Å². The fourth-order valence-corrected chi connectivity index (χ4v) is 1.39. The minimum atomic E-state index is 0.119. The van der Waals surface area contributed by atoms with Crippen LogP contribution in [0, 0.1) is 5.92 Å². The van der Waals surface area contributed by atoms with Crippen molar-refractivity contribution >= 4 is 11.7 Å². The quantitative estimate of drug-likeness (QED) is 0.520. The molecule has 1 heterocycles. The Morgan fingerprint density at radius 2 is 2.36 bits per heavy atom. The molecule has 0 aliphatic rings. The van der Waals surface area contributed by atoms with Crippen molar-refractivity contribution in [1.29, 1.82) is 0 Å². The van der Waals surface area contributed by atoms with Crippen molar-refractivity contribution < 1.29 is 0 Å². The molecule has 0 spiro atoms. The largest absolute Gasteiger partial charge is 0.271 e. The highest BCUT2D eigenvalue weighted by molar-refractivity contribution is 6.99. The molecule has 0 aromatic carbocycles. The average molecular weight is 172 g/mol. The van der Waals surface area contributed by atoms with E-state index < -0.39 is 0 Å². The molecule has 62 valence electrons. The monoisotopic (exact) mass is 172 g/mol. The van der Waals surface area contributed by atoms with Crippen molar-refractivity contribution in [3.05, 3.63) is 11.9 Å². The van der Waals surface area contributed by atoms with Gasteiger partial charge in [-0.3, -0.25) is 11.3 Å². The molecule has 0 fully saturated rings. The molecule has 0 aliphatic heterocycles. The zero-order valence-electron chi connectivity index (χ0n) is 6.61. The molecule has 0 aliphatic carbocycles. The third kappa shape index (κ3) is 1.95. The van der Waals surface area contributed by atoms with Gasteiger partial charge in [0, 0.05) is 0 Å². The van der Waals surface area contributed by atoms with Gasteiger partial charge < -0.3 is 0 Å². The van der Waals surface area contributed by atoms with Gasteiger partial charge in [-0.15, -0.1) is 0 Å². The summed E-state index contributed by atoms with van der Waals surface area (Å²) in [5, 5.41) is 0. The molecular weight excluding hydrogens is 160 g/mol. The molecule has 0 amide bonds. The smallest absolute Gasteiger partial charge is 0.0928 e. The second-order valence-corrected chi connectivity index (χ2v) is 3.28. The Labute approximate surface area is 70.1 Å². The summed E-state index contributed by atoms with van der Waals surface area (Å²) in [5.41, 5.74) is 3.63. The first kappa shape index (κ1) is 8.58. The van der Waals surface area contributed by atoms with E-state index in [0.29, 0.717) is 5.92 Å². The summed E-state index contributed by atoms with van der Waals surface area (Å²) in [7, 11) is 0. The molecule has 0 saturated heterocycles. The maximum atomic E-state index is 5.35. The highest BCUT2D eigenvalue weighted by Crippen LogP contribution is 2.18. The molecular formula is C6H12N4S. The first-order valence-electron chi connectivity index (χ1n) is 3.49. The fourth-order valence-electron chi connectivity index (χ4n) is 0.928. The first-order chi connectivity index (χ1) is 5.25. The Kier molecular flexibility index (Phi) is 2.92. The van der Waals surface area contributed by atoms with Crippen LogP contribution in [0.25, 0.3) is 0 Å². The molecule has 1 aromatic rings. The maximum Gasteiger partial charge on any atom is 0.0928 e. The fraction of sp³-hybridized carbons (Fsp3) is 0.667. The van der Waals surface area contributed by atoms with Gasteiger partial charge in [-0.05, 0) is 5.92 Å². The van der Waals surface area contributed by atoms with Gasteiger partial charge in [0.25, 0.3) is 0 Å². The summed E-state index contributed by atoms with van der Waals surface area (Å²) < 4.78 is 8.01. The van der Waals surface area contributed by atoms with E-state index in [1.54, 1.807) is 6.20 Å². The summed E-state index contributed by atoms with van der Waals surface area (Å²) in [4.78, 5) is 0. The zero-order valence-corrected chi connectivity index (χ0v) is 7.43. The van der Waals surface area contributed by atoms with Crippen LogP contribution in [0.5, 0.6) is 0 Å². The van der Waals surface area contributed by atoms with Crippen LogP contribution in [0.2, 0.25) is 0 Å².